The standard InChI is InChI=1S/C15H13Cl2NO4S/c1-9(11-4-2-3-5-13(11)16)22-15(19)12-8-10(23(18,20)21)6-7-14(12)17/h2-9H,1H3,(H2,18,20,21). The summed E-state index contributed by atoms with van der Waals surface area (Å²) in [5.74, 6) is -0.770. The van der Waals surface area contributed by atoms with Crippen LogP contribution < -0.4 is 5.14 Å². The van der Waals surface area contributed by atoms with E-state index < -0.39 is 22.1 Å². The van der Waals surface area contributed by atoms with Crippen LogP contribution in [0.25, 0.3) is 0 Å². The van der Waals surface area contributed by atoms with Gasteiger partial charge in [-0.25, -0.2) is 18.4 Å². The van der Waals surface area contributed by atoms with Crippen molar-refractivity contribution in [1.82, 2.24) is 0 Å². The predicted octanol–water partition coefficient (Wildman–Crippen LogP) is 3.56. The molecule has 23 heavy (non-hydrogen) atoms. The van der Waals surface area contributed by atoms with Crippen LogP contribution in [-0.4, -0.2) is 14.4 Å². The van der Waals surface area contributed by atoms with E-state index >= 15 is 0 Å². The van der Waals surface area contributed by atoms with Gasteiger partial charge in [0, 0.05) is 10.6 Å². The second-order valence-corrected chi connectivity index (χ2v) is 7.13. The monoisotopic (exact) mass is 373 g/mol. The van der Waals surface area contributed by atoms with Crippen LogP contribution in [0, 0.1) is 0 Å². The molecule has 0 saturated carbocycles. The van der Waals surface area contributed by atoms with Gasteiger partial charge in [-0.2, -0.15) is 0 Å². The van der Waals surface area contributed by atoms with Crippen molar-refractivity contribution in [3.63, 3.8) is 0 Å². The lowest BCUT2D eigenvalue weighted by Gasteiger charge is -2.15. The Morgan fingerprint density at radius 1 is 1.13 bits per heavy atom. The van der Waals surface area contributed by atoms with Crippen molar-refractivity contribution in [3.05, 3.63) is 63.6 Å². The first-order chi connectivity index (χ1) is 10.7. The Hall–Kier alpha value is -1.60. The first kappa shape index (κ1) is 17.7. The Labute approximate surface area is 144 Å². The van der Waals surface area contributed by atoms with E-state index in [2.05, 4.69) is 0 Å². The molecule has 0 spiro atoms. The molecule has 8 heteroatoms. The summed E-state index contributed by atoms with van der Waals surface area (Å²) in [4.78, 5) is 12.0. The summed E-state index contributed by atoms with van der Waals surface area (Å²) in [6.07, 6.45) is -0.634. The number of esters is 1. The van der Waals surface area contributed by atoms with Gasteiger partial charge in [-0.3, -0.25) is 0 Å². The summed E-state index contributed by atoms with van der Waals surface area (Å²) in [6, 6.07) is 10.5. The molecule has 122 valence electrons. The van der Waals surface area contributed by atoms with Crippen LogP contribution >= 0.6 is 23.2 Å². The molecule has 2 aromatic rings. The fourth-order valence-corrected chi connectivity index (χ4v) is 2.95. The highest BCUT2D eigenvalue weighted by Crippen LogP contribution is 2.27. The number of halogens is 2. The minimum atomic E-state index is -3.95. The maximum atomic E-state index is 12.3. The van der Waals surface area contributed by atoms with E-state index in [0.29, 0.717) is 10.6 Å². The molecule has 1 atom stereocenters. The molecule has 0 fully saturated rings. The van der Waals surface area contributed by atoms with E-state index in [1.807, 2.05) is 0 Å². The molecule has 1 unspecified atom stereocenters. The normalized spacial score (nSPS) is 12.7. The zero-order chi connectivity index (χ0) is 17.2. The maximum Gasteiger partial charge on any atom is 0.340 e. The summed E-state index contributed by atoms with van der Waals surface area (Å²) in [5, 5.41) is 5.57. The highest BCUT2D eigenvalue weighted by molar-refractivity contribution is 7.89. The van der Waals surface area contributed by atoms with E-state index in [1.54, 1.807) is 31.2 Å². The predicted molar refractivity (Wildman–Crippen MR) is 88.1 cm³/mol. The first-order valence-corrected chi connectivity index (χ1v) is 8.78. The summed E-state index contributed by atoms with van der Waals surface area (Å²) >= 11 is 12.0. The quantitative estimate of drug-likeness (QED) is 0.829. The number of ether oxygens (including phenoxy) is 1. The number of carbonyl (C=O) groups excluding carboxylic acids is 1. The molecular formula is C15H13Cl2NO4S. The molecule has 0 aliphatic carbocycles. The lowest BCUT2D eigenvalue weighted by molar-refractivity contribution is 0.0338. The van der Waals surface area contributed by atoms with Gasteiger partial charge in [-0.05, 0) is 31.2 Å². The molecule has 0 radical (unpaired) electrons. The molecular weight excluding hydrogens is 361 g/mol. The van der Waals surface area contributed by atoms with Gasteiger partial charge >= 0.3 is 5.97 Å². The second kappa shape index (κ2) is 6.88. The highest BCUT2D eigenvalue weighted by Gasteiger charge is 2.20. The van der Waals surface area contributed by atoms with Gasteiger partial charge in [0.1, 0.15) is 6.10 Å². The van der Waals surface area contributed by atoms with Gasteiger partial charge in [0.15, 0.2) is 0 Å². The van der Waals surface area contributed by atoms with Gasteiger partial charge in [-0.1, -0.05) is 41.4 Å². The van der Waals surface area contributed by atoms with Crippen molar-refractivity contribution < 1.29 is 17.9 Å². The fourth-order valence-electron chi connectivity index (χ4n) is 1.93. The van der Waals surface area contributed by atoms with E-state index in [0.717, 1.165) is 6.07 Å². The van der Waals surface area contributed by atoms with Crippen LogP contribution in [0.15, 0.2) is 47.4 Å². The minimum Gasteiger partial charge on any atom is -0.454 e. The molecule has 2 rings (SSSR count). The average Bonchev–Trinajstić information content (AvgIpc) is 2.46. The zero-order valence-corrected chi connectivity index (χ0v) is 14.3. The number of nitrogens with two attached hydrogens (primary N) is 1. The number of hydrogen-bond donors (Lipinski definition) is 1. The average molecular weight is 374 g/mol. The third kappa shape index (κ3) is 4.23. The highest BCUT2D eigenvalue weighted by atomic mass is 35.5. The van der Waals surface area contributed by atoms with Crippen molar-refractivity contribution in [2.75, 3.05) is 0 Å². The second-order valence-electron chi connectivity index (χ2n) is 4.76. The molecule has 0 aromatic heterocycles. The minimum absolute atomic E-state index is 0.0637. The lowest BCUT2D eigenvalue weighted by atomic mass is 10.1. The van der Waals surface area contributed by atoms with E-state index in [9.17, 15) is 13.2 Å². The van der Waals surface area contributed by atoms with Crippen LogP contribution in [0.5, 0.6) is 0 Å². The van der Waals surface area contributed by atoms with E-state index in [4.69, 9.17) is 33.1 Å². The molecule has 0 heterocycles. The number of hydrogen-bond acceptors (Lipinski definition) is 4. The molecule has 5 nitrogen and oxygen atoms in total. The largest absolute Gasteiger partial charge is 0.454 e. The Bertz CT molecular complexity index is 852. The Morgan fingerprint density at radius 3 is 2.39 bits per heavy atom. The first-order valence-electron chi connectivity index (χ1n) is 6.48. The molecule has 0 aliphatic rings. The molecule has 0 amide bonds. The Balaban J connectivity index is 2.29. The topological polar surface area (TPSA) is 86.5 Å². The summed E-state index contributed by atoms with van der Waals surface area (Å²) in [6.45, 7) is 1.65. The molecule has 0 aliphatic heterocycles. The van der Waals surface area contributed by atoms with Crippen LogP contribution in [0.3, 0.4) is 0 Å². The fraction of sp³-hybridized carbons (Fsp3) is 0.133. The number of sulfonamides is 1. The number of carbonyl (C=O) groups is 1. The Morgan fingerprint density at radius 2 is 1.78 bits per heavy atom. The molecule has 0 saturated heterocycles. The Kier molecular flexibility index (Phi) is 5.31. The number of benzene rings is 2. The van der Waals surface area contributed by atoms with Crippen LogP contribution in [0.4, 0.5) is 0 Å². The maximum absolute atomic E-state index is 12.3. The van der Waals surface area contributed by atoms with E-state index in [1.165, 1.54) is 12.1 Å². The molecule has 2 aromatic carbocycles. The molecule has 2 N–H and O–H groups in total. The van der Waals surface area contributed by atoms with Crippen LogP contribution in [0.2, 0.25) is 10.0 Å². The summed E-state index contributed by atoms with van der Waals surface area (Å²) in [7, 11) is -3.95. The van der Waals surface area contributed by atoms with Gasteiger partial charge in [0.2, 0.25) is 10.0 Å². The van der Waals surface area contributed by atoms with Gasteiger partial charge in [0.05, 0.1) is 15.5 Å². The summed E-state index contributed by atoms with van der Waals surface area (Å²) < 4.78 is 28.1. The SMILES string of the molecule is CC(OC(=O)c1cc(S(N)(=O)=O)ccc1Cl)c1ccccc1Cl. The van der Waals surface area contributed by atoms with Crippen LogP contribution in [-0.2, 0) is 14.8 Å². The van der Waals surface area contributed by atoms with Crippen molar-refractivity contribution in [2.45, 2.75) is 17.9 Å². The van der Waals surface area contributed by atoms with Crippen molar-refractivity contribution >= 4 is 39.2 Å². The van der Waals surface area contributed by atoms with Crippen molar-refractivity contribution in [1.29, 1.82) is 0 Å². The van der Waals surface area contributed by atoms with Crippen molar-refractivity contribution in [3.8, 4) is 0 Å². The van der Waals surface area contributed by atoms with Crippen molar-refractivity contribution in [2.24, 2.45) is 5.14 Å². The lowest BCUT2D eigenvalue weighted by Crippen LogP contribution is -2.15. The third-order valence-corrected chi connectivity index (χ3v) is 4.70. The molecule has 0 bridgehead atoms. The van der Waals surface area contributed by atoms with Gasteiger partial charge in [-0.15, -0.1) is 0 Å². The number of rotatable bonds is 4. The van der Waals surface area contributed by atoms with Crippen LogP contribution in [0.1, 0.15) is 28.9 Å². The van der Waals surface area contributed by atoms with Gasteiger partial charge < -0.3 is 4.74 Å². The smallest absolute Gasteiger partial charge is 0.340 e. The van der Waals surface area contributed by atoms with E-state index in [-0.39, 0.29) is 15.5 Å². The number of primary sulfonamides is 1. The third-order valence-electron chi connectivity index (χ3n) is 3.11. The summed E-state index contributed by atoms with van der Waals surface area (Å²) in [5.41, 5.74) is 0.540. The van der Waals surface area contributed by atoms with Gasteiger partial charge in [0.25, 0.3) is 0 Å². The zero-order valence-electron chi connectivity index (χ0n) is 12.0.